The minimum Gasteiger partial charge on any atom is -0.497 e. The third-order valence-corrected chi connectivity index (χ3v) is 5.07. The maximum atomic E-state index is 12.2. The molecule has 9 heteroatoms. The van der Waals surface area contributed by atoms with Crippen LogP contribution in [0.5, 0.6) is 23.0 Å². The standard InChI is InChI=1S/C23H21N3O6/c1-29-14-7-5-6-12(8-14)20-19-15(23(27)28)11-16(24-22(19)26-25-20)13-9-17(30-2)21(32-4)18(10-13)31-3/h5-11H,1-4H3,(H,27,28)(H,24,25,26). The maximum absolute atomic E-state index is 12.2. The molecule has 0 saturated heterocycles. The van der Waals surface area contributed by atoms with E-state index in [1.807, 2.05) is 12.1 Å². The first-order chi connectivity index (χ1) is 15.5. The molecule has 0 atom stereocenters. The molecule has 2 N–H and O–H groups in total. The minimum absolute atomic E-state index is 0.0605. The van der Waals surface area contributed by atoms with Gasteiger partial charge in [-0.15, -0.1) is 0 Å². The summed E-state index contributed by atoms with van der Waals surface area (Å²) in [4.78, 5) is 16.8. The largest absolute Gasteiger partial charge is 0.497 e. The van der Waals surface area contributed by atoms with Crippen LogP contribution in [-0.4, -0.2) is 54.7 Å². The second-order valence-corrected chi connectivity index (χ2v) is 6.80. The zero-order valence-electron chi connectivity index (χ0n) is 17.9. The van der Waals surface area contributed by atoms with Crippen LogP contribution in [0.2, 0.25) is 0 Å². The van der Waals surface area contributed by atoms with Crippen LogP contribution in [0.25, 0.3) is 33.5 Å². The molecule has 2 aromatic carbocycles. The van der Waals surface area contributed by atoms with Crippen LogP contribution >= 0.6 is 0 Å². The summed E-state index contributed by atoms with van der Waals surface area (Å²) in [5.74, 6) is 0.832. The summed E-state index contributed by atoms with van der Waals surface area (Å²) >= 11 is 0. The Balaban J connectivity index is 1.94. The van der Waals surface area contributed by atoms with Crippen LogP contribution in [0.15, 0.2) is 42.5 Å². The summed E-state index contributed by atoms with van der Waals surface area (Å²) in [5.41, 5.74) is 2.60. The number of carboxylic acids is 1. The van der Waals surface area contributed by atoms with E-state index in [2.05, 4.69) is 15.2 Å². The van der Waals surface area contributed by atoms with Gasteiger partial charge in [0.05, 0.1) is 50.8 Å². The monoisotopic (exact) mass is 435 g/mol. The molecule has 0 bridgehead atoms. The number of pyridine rings is 1. The number of H-pyrrole nitrogens is 1. The zero-order valence-corrected chi connectivity index (χ0v) is 17.9. The predicted molar refractivity (Wildman–Crippen MR) is 118 cm³/mol. The van der Waals surface area contributed by atoms with E-state index in [0.29, 0.717) is 45.3 Å². The lowest BCUT2D eigenvalue weighted by molar-refractivity contribution is 0.0699. The van der Waals surface area contributed by atoms with Gasteiger partial charge in [-0.05, 0) is 30.3 Å². The van der Waals surface area contributed by atoms with E-state index in [4.69, 9.17) is 18.9 Å². The van der Waals surface area contributed by atoms with Crippen molar-refractivity contribution in [3.63, 3.8) is 0 Å². The average molecular weight is 435 g/mol. The summed E-state index contributed by atoms with van der Waals surface area (Å²) in [7, 11) is 6.10. The Bertz CT molecular complexity index is 1290. The highest BCUT2D eigenvalue weighted by Crippen LogP contribution is 2.41. The van der Waals surface area contributed by atoms with E-state index in [0.717, 1.165) is 5.56 Å². The molecule has 0 amide bonds. The summed E-state index contributed by atoms with van der Waals surface area (Å²) in [6.07, 6.45) is 0. The van der Waals surface area contributed by atoms with Crippen molar-refractivity contribution in [2.45, 2.75) is 0 Å². The van der Waals surface area contributed by atoms with Crippen molar-refractivity contribution < 1.29 is 28.8 Å². The van der Waals surface area contributed by atoms with Gasteiger partial charge in [-0.25, -0.2) is 9.78 Å². The number of fused-ring (bicyclic) bond motifs is 1. The number of rotatable bonds is 7. The van der Waals surface area contributed by atoms with Gasteiger partial charge in [0, 0.05) is 11.1 Å². The molecule has 4 rings (SSSR count). The fraction of sp³-hybridized carbons (Fsp3) is 0.174. The molecule has 0 unspecified atom stereocenters. The van der Waals surface area contributed by atoms with Gasteiger partial charge in [0.2, 0.25) is 5.75 Å². The van der Waals surface area contributed by atoms with Crippen molar-refractivity contribution in [2.24, 2.45) is 0 Å². The molecule has 9 nitrogen and oxygen atoms in total. The van der Waals surface area contributed by atoms with Crippen LogP contribution < -0.4 is 18.9 Å². The lowest BCUT2D eigenvalue weighted by Crippen LogP contribution is -2.01. The molecular weight excluding hydrogens is 414 g/mol. The summed E-state index contributed by atoms with van der Waals surface area (Å²) in [6.45, 7) is 0. The number of carboxylic acid groups (broad SMARTS) is 1. The highest BCUT2D eigenvalue weighted by Gasteiger charge is 2.22. The number of hydrogen-bond donors (Lipinski definition) is 2. The molecule has 0 aliphatic carbocycles. The predicted octanol–water partition coefficient (Wildman–Crippen LogP) is 4.02. The van der Waals surface area contributed by atoms with Crippen LogP contribution in [0.1, 0.15) is 10.4 Å². The van der Waals surface area contributed by atoms with Crippen molar-refractivity contribution in [1.29, 1.82) is 0 Å². The summed E-state index contributed by atoms with van der Waals surface area (Å²) < 4.78 is 21.5. The molecule has 0 radical (unpaired) electrons. The van der Waals surface area contributed by atoms with Gasteiger partial charge in [-0.2, -0.15) is 5.10 Å². The molecule has 0 aliphatic rings. The Morgan fingerprint density at radius 1 is 0.906 bits per heavy atom. The van der Waals surface area contributed by atoms with E-state index in [1.165, 1.54) is 27.4 Å². The number of aromatic carboxylic acids is 1. The molecule has 0 spiro atoms. The molecule has 2 aromatic heterocycles. The fourth-order valence-corrected chi connectivity index (χ4v) is 3.56. The first kappa shape index (κ1) is 21.0. The van der Waals surface area contributed by atoms with Crippen molar-refractivity contribution in [1.82, 2.24) is 15.2 Å². The van der Waals surface area contributed by atoms with E-state index in [1.54, 1.807) is 31.4 Å². The van der Waals surface area contributed by atoms with Crippen LogP contribution in [0, 0.1) is 0 Å². The number of nitrogens with zero attached hydrogens (tertiary/aromatic N) is 2. The second kappa shape index (κ2) is 8.46. The smallest absolute Gasteiger partial charge is 0.336 e. The third kappa shape index (κ3) is 3.53. The van der Waals surface area contributed by atoms with Gasteiger partial charge in [0.1, 0.15) is 5.75 Å². The van der Waals surface area contributed by atoms with E-state index >= 15 is 0 Å². The number of benzene rings is 2. The molecule has 0 fully saturated rings. The SMILES string of the molecule is COc1cccc(-c2[nH]nc3nc(-c4cc(OC)c(OC)c(OC)c4)cc(C(=O)O)c23)c1. The summed E-state index contributed by atoms with van der Waals surface area (Å²) in [6, 6.07) is 12.2. The molecule has 2 heterocycles. The van der Waals surface area contributed by atoms with Gasteiger partial charge in [-0.1, -0.05) is 12.1 Å². The molecule has 0 saturated carbocycles. The molecule has 4 aromatic rings. The van der Waals surface area contributed by atoms with Crippen molar-refractivity contribution >= 4 is 17.0 Å². The number of hydrogen-bond acceptors (Lipinski definition) is 7. The van der Waals surface area contributed by atoms with E-state index in [-0.39, 0.29) is 11.2 Å². The molecular formula is C23H21N3O6. The lowest BCUT2D eigenvalue weighted by Gasteiger charge is -2.14. The van der Waals surface area contributed by atoms with Gasteiger partial charge in [-0.3, -0.25) is 5.10 Å². The lowest BCUT2D eigenvalue weighted by atomic mass is 10.0. The number of methoxy groups -OCH3 is 4. The normalized spacial score (nSPS) is 10.8. The van der Waals surface area contributed by atoms with Gasteiger partial charge in [0.25, 0.3) is 0 Å². The Hall–Kier alpha value is -4.27. The number of aromatic amines is 1. The Labute approximate surface area is 183 Å². The first-order valence-electron chi connectivity index (χ1n) is 9.58. The number of carbonyl (C=O) groups is 1. The molecule has 32 heavy (non-hydrogen) atoms. The Morgan fingerprint density at radius 2 is 1.62 bits per heavy atom. The molecule has 0 aliphatic heterocycles. The van der Waals surface area contributed by atoms with Gasteiger partial charge < -0.3 is 24.1 Å². The Morgan fingerprint density at radius 3 is 2.22 bits per heavy atom. The zero-order chi connectivity index (χ0) is 22.8. The minimum atomic E-state index is -1.10. The van der Waals surface area contributed by atoms with Crippen LogP contribution in [0.4, 0.5) is 0 Å². The highest BCUT2D eigenvalue weighted by atomic mass is 16.5. The van der Waals surface area contributed by atoms with Crippen molar-refractivity contribution in [3.8, 4) is 45.5 Å². The van der Waals surface area contributed by atoms with Gasteiger partial charge in [0.15, 0.2) is 17.1 Å². The average Bonchev–Trinajstić information content (AvgIpc) is 3.26. The first-order valence-corrected chi connectivity index (χ1v) is 9.58. The fourth-order valence-electron chi connectivity index (χ4n) is 3.56. The maximum Gasteiger partial charge on any atom is 0.336 e. The van der Waals surface area contributed by atoms with Crippen LogP contribution in [0.3, 0.4) is 0 Å². The number of ether oxygens (including phenoxy) is 4. The third-order valence-electron chi connectivity index (χ3n) is 5.07. The van der Waals surface area contributed by atoms with E-state index < -0.39 is 5.97 Å². The number of aromatic nitrogens is 3. The second-order valence-electron chi connectivity index (χ2n) is 6.80. The summed E-state index contributed by atoms with van der Waals surface area (Å²) in [5, 5.41) is 17.6. The number of nitrogens with one attached hydrogen (secondary N) is 1. The quantitative estimate of drug-likeness (QED) is 0.447. The Kier molecular flexibility index (Phi) is 5.55. The van der Waals surface area contributed by atoms with Crippen molar-refractivity contribution in [2.75, 3.05) is 28.4 Å². The van der Waals surface area contributed by atoms with E-state index in [9.17, 15) is 9.90 Å². The van der Waals surface area contributed by atoms with Gasteiger partial charge >= 0.3 is 5.97 Å². The topological polar surface area (TPSA) is 116 Å². The van der Waals surface area contributed by atoms with Crippen LogP contribution in [-0.2, 0) is 0 Å². The van der Waals surface area contributed by atoms with Crippen molar-refractivity contribution in [3.05, 3.63) is 48.0 Å². The molecule has 164 valence electrons. The highest BCUT2D eigenvalue weighted by molar-refractivity contribution is 6.08.